The Morgan fingerprint density at radius 1 is 1.38 bits per heavy atom. The van der Waals surface area contributed by atoms with Crippen LogP contribution in [0.15, 0.2) is 16.6 Å². The number of anilines is 1. The van der Waals surface area contributed by atoms with Crippen LogP contribution in [0, 0.1) is 5.92 Å². The number of amides is 2. The van der Waals surface area contributed by atoms with Crippen molar-refractivity contribution in [2.75, 3.05) is 25.6 Å². The zero-order valence-electron chi connectivity index (χ0n) is 13.9. The smallest absolute Gasteiger partial charge is 0.322 e. The maximum absolute atomic E-state index is 12.9. The van der Waals surface area contributed by atoms with E-state index in [2.05, 4.69) is 21.2 Å². The summed E-state index contributed by atoms with van der Waals surface area (Å²) in [4.78, 5) is 14.9. The highest BCUT2D eigenvalue weighted by molar-refractivity contribution is 9.10. The van der Waals surface area contributed by atoms with Crippen molar-refractivity contribution in [2.45, 2.75) is 44.2 Å². The van der Waals surface area contributed by atoms with Crippen molar-refractivity contribution in [1.29, 1.82) is 0 Å². The normalized spacial score (nSPS) is 26.0. The fraction of sp³-hybridized carbons (Fsp3) is 0.611. The van der Waals surface area contributed by atoms with Gasteiger partial charge in [-0.05, 0) is 59.7 Å². The molecule has 2 fully saturated rings. The molecule has 4 rings (SSSR count). The van der Waals surface area contributed by atoms with Crippen LogP contribution in [0.1, 0.15) is 31.2 Å². The van der Waals surface area contributed by atoms with Crippen molar-refractivity contribution in [3.63, 3.8) is 0 Å². The molecule has 1 saturated carbocycles. The molecule has 130 valence electrons. The number of carbonyl (C=O) groups is 1. The van der Waals surface area contributed by atoms with Crippen LogP contribution in [-0.2, 0) is 11.2 Å². The maximum atomic E-state index is 12.9. The minimum atomic E-state index is 0.0119. The first-order valence-electron chi connectivity index (χ1n) is 8.72. The number of hydrogen-bond acceptors (Lipinski definition) is 3. The summed E-state index contributed by atoms with van der Waals surface area (Å²) >= 11 is 3.51. The summed E-state index contributed by atoms with van der Waals surface area (Å²) in [6.07, 6.45) is 5.44. The molecule has 0 radical (unpaired) electrons. The predicted octanol–water partition coefficient (Wildman–Crippen LogP) is 3.81. The number of piperidine rings is 1. The number of ether oxygens (including phenoxy) is 2. The monoisotopic (exact) mass is 394 g/mol. The van der Waals surface area contributed by atoms with Gasteiger partial charge in [-0.3, -0.25) is 0 Å². The number of nitrogens with zero attached hydrogens (tertiary/aromatic N) is 1. The Bertz CT molecular complexity index is 647. The molecule has 2 amide bonds. The molecule has 0 aromatic heterocycles. The quantitative estimate of drug-likeness (QED) is 0.847. The van der Waals surface area contributed by atoms with Gasteiger partial charge < -0.3 is 19.7 Å². The SMILES string of the molecule is COC1CCN(C(=O)Nc2ccc(Br)c3c2CCO3)C(C2CC2)C1. The van der Waals surface area contributed by atoms with Gasteiger partial charge in [0.1, 0.15) is 5.75 Å². The summed E-state index contributed by atoms with van der Waals surface area (Å²) in [6, 6.07) is 4.22. The zero-order chi connectivity index (χ0) is 16.7. The summed E-state index contributed by atoms with van der Waals surface area (Å²) < 4.78 is 12.2. The zero-order valence-corrected chi connectivity index (χ0v) is 15.5. The molecular formula is C18H23BrN2O3. The molecule has 2 unspecified atom stereocenters. The number of rotatable bonds is 3. The molecule has 1 aromatic rings. The third kappa shape index (κ3) is 3.02. The molecule has 1 aromatic carbocycles. The predicted molar refractivity (Wildman–Crippen MR) is 95.6 cm³/mol. The molecule has 6 heteroatoms. The number of hydrogen-bond donors (Lipinski definition) is 1. The van der Waals surface area contributed by atoms with Crippen LogP contribution < -0.4 is 10.1 Å². The Balaban J connectivity index is 1.51. The van der Waals surface area contributed by atoms with Crippen LogP contribution in [0.2, 0.25) is 0 Å². The first-order valence-corrected chi connectivity index (χ1v) is 9.51. The first kappa shape index (κ1) is 16.2. The number of nitrogens with one attached hydrogen (secondary N) is 1. The Kier molecular flexibility index (Phi) is 4.43. The highest BCUT2D eigenvalue weighted by Gasteiger charge is 2.41. The molecular weight excluding hydrogens is 372 g/mol. The molecule has 2 atom stereocenters. The Morgan fingerprint density at radius 2 is 2.21 bits per heavy atom. The lowest BCUT2D eigenvalue weighted by Gasteiger charge is -2.39. The minimum absolute atomic E-state index is 0.0119. The third-order valence-electron chi connectivity index (χ3n) is 5.41. The molecule has 3 aliphatic rings. The number of fused-ring (bicyclic) bond motifs is 1. The van der Waals surface area contributed by atoms with Crippen LogP contribution in [0.4, 0.5) is 10.5 Å². The summed E-state index contributed by atoms with van der Waals surface area (Å²) in [7, 11) is 1.77. The second-order valence-corrected chi connectivity index (χ2v) is 7.77. The van der Waals surface area contributed by atoms with Crippen LogP contribution in [0.5, 0.6) is 5.75 Å². The largest absolute Gasteiger partial charge is 0.492 e. The van der Waals surface area contributed by atoms with E-state index >= 15 is 0 Å². The van der Waals surface area contributed by atoms with Gasteiger partial charge in [-0.15, -0.1) is 0 Å². The topological polar surface area (TPSA) is 50.8 Å². The molecule has 2 heterocycles. The molecule has 1 N–H and O–H groups in total. The average molecular weight is 395 g/mol. The fourth-order valence-corrected chi connectivity index (χ4v) is 4.41. The summed E-state index contributed by atoms with van der Waals surface area (Å²) in [5, 5.41) is 3.13. The van der Waals surface area contributed by atoms with E-state index in [0.29, 0.717) is 18.6 Å². The highest BCUT2D eigenvalue weighted by atomic mass is 79.9. The van der Waals surface area contributed by atoms with Crippen molar-refractivity contribution in [1.82, 2.24) is 4.90 Å². The second-order valence-electron chi connectivity index (χ2n) is 6.91. The summed E-state index contributed by atoms with van der Waals surface area (Å²) in [6.45, 7) is 1.44. The molecule has 24 heavy (non-hydrogen) atoms. The van der Waals surface area contributed by atoms with E-state index in [1.807, 2.05) is 17.0 Å². The highest BCUT2D eigenvalue weighted by Crippen LogP contribution is 2.41. The first-order chi connectivity index (χ1) is 11.7. The van der Waals surface area contributed by atoms with Gasteiger partial charge in [-0.25, -0.2) is 4.79 Å². The van der Waals surface area contributed by atoms with Crippen molar-refractivity contribution < 1.29 is 14.3 Å². The van der Waals surface area contributed by atoms with Gasteiger partial charge in [0, 0.05) is 37.4 Å². The van der Waals surface area contributed by atoms with Crippen LogP contribution in [0.25, 0.3) is 0 Å². The van der Waals surface area contributed by atoms with Gasteiger partial charge in [0.15, 0.2) is 0 Å². The minimum Gasteiger partial charge on any atom is -0.492 e. The lowest BCUT2D eigenvalue weighted by Crippen LogP contribution is -2.50. The van der Waals surface area contributed by atoms with E-state index in [0.717, 1.165) is 47.3 Å². The van der Waals surface area contributed by atoms with Gasteiger partial charge in [0.05, 0.1) is 17.2 Å². The number of likely N-dealkylation sites (tertiary alicyclic amines) is 1. The van der Waals surface area contributed by atoms with E-state index in [1.54, 1.807) is 7.11 Å². The van der Waals surface area contributed by atoms with E-state index in [9.17, 15) is 4.79 Å². The van der Waals surface area contributed by atoms with Crippen LogP contribution >= 0.6 is 15.9 Å². The summed E-state index contributed by atoms with van der Waals surface area (Å²) in [5.74, 6) is 1.51. The number of methoxy groups -OCH3 is 1. The van der Waals surface area contributed by atoms with Crippen molar-refractivity contribution >= 4 is 27.6 Å². The number of urea groups is 1. The Morgan fingerprint density at radius 3 is 2.96 bits per heavy atom. The van der Waals surface area contributed by atoms with Crippen molar-refractivity contribution in [3.8, 4) is 5.75 Å². The van der Waals surface area contributed by atoms with Gasteiger partial charge >= 0.3 is 6.03 Å². The molecule has 0 spiro atoms. The lowest BCUT2D eigenvalue weighted by atomic mass is 9.96. The molecule has 1 aliphatic carbocycles. The van der Waals surface area contributed by atoms with E-state index in [1.165, 1.54) is 12.8 Å². The van der Waals surface area contributed by atoms with Gasteiger partial charge in [-0.1, -0.05) is 0 Å². The van der Waals surface area contributed by atoms with Crippen LogP contribution in [-0.4, -0.2) is 43.3 Å². The second kappa shape index (κ2) is 6.56. The van der Waals surface area contributed by atoms with Gasteiger partial charge in [-0.2, -0.15) is 0 Å². The number of carbonyl (C=O) groups excluding carboxylic acids is 1. The van der Waals surface area contributed by atoms with Crippen LogP contribution in [0.3, 0.4) is 0 Å². The fourth-order valence-electron chi connectivity index (χ4n) is 3.92. The summed E-state index contributed by atoms with van der Waals surface area (Å²) in [5.41, 5.74) is 1.96. The van der Waals surface area contributed by atoms with Crippen molar-refractivity contribution in [2.24, 2.45) is 5.92 Å². The van der Waals surface area contributed by atoms with E-state index in [4.69, 9.17) is 9.47 Å². The molecule has 2 aliphatic heterocycles. The standard InChI is InChI=1S/C18H23BrN2O3/c1-23-12-6-8-21(16(10-12)11-2-3-11)18(22)20-15-5-4-14(19)17-13(15)7-9-24-17/h4-5,11-12,16H,2-3,6-10H2,1H3,(H,20,22). The number of benzene rings is 1. The maximum Gasteiger partial charge on any atom is 0.322 e. The van der Waals surface area contributed by atoms with Gasteiger partial charge in [0.25, 0.3) is 0 Å². The molecule has 1 saturated heterocycles. The Labute approximate surface area is 150 Å². The van der Waals surface area contributed by atoms with E-state index < -0.39 is 0 Å². The van der Waals surface area contributed by atoms with Gasteiger partial charge in [0.2, 0.25) is 0 Å². The molecule has 0 bridgehead atoms. The third-order valence-corrected chi connectivity index (χ3v) is 6.03. The van der Waals surface area contributed by atoms with E-state index in [-0.39, 0.29) is 12.1 Å². The lowest BCUT2D eigenvalue weighted by molar-refractivity contribution is 0.0216. The number of halogens is 1. The molecule has 5 nitrogen and oxygen atoms in total. The van der Waals surface area contributed by atoms with Crippen molar-refractivity contribution in [3.05, 3.63) is 22.2 Å². The average Bonchev–Trinajstić information content (AvgIpc) is 3.32. The Hall–Kier alpha value is -1.27.